The number of fused-ring (bicyclic) bond motifs is 1. The molecule has 142 valence electrons. The summed E-state index contributed by atoms with van der Waals surface area (Å²) in [6.07, 6.45) is 0. The summed E-state index contributed by atoms with van der Waals surface area (Å²) in [5, 5.41) is 20.3. The van der Waals surface area contributed by atoms with Crippen molar-refractivity contribution in [2.75, 3.05) is 27.4 Å². The molecule has 1 aliphatic heterocycles. The zero-order chi connectivity index (χ0) is 19.9. The van der Waals surface area contributed by atoms with Crippen molar-refractivity contribution in [2.24, 2.45) is 21.6 Å². The number of nitrogens with two attached hydrogens (primary N) is 1. The number of para-hydroxylation sites is 1. The van der Waals surface area contributed by atoms with Crippen LogP contribution in [0.4, 0.5) is 0 Å². The fraction of sp³-hybridized carbons (Fsp3) is 0.526. The second kappa shape index (κ2) is 6.41. The van der Waals surface area contributed by atoms with Gasteiger partial charge < -0.3 is 24.7 Å². The quantitative estimate of drug-likeness (QED) is 0.727. The van der Waals surface area contributed by atoms with Crippen LogP contribution >= 0.6 is 0 Å². The van der Waals surface area contributed by atoms with Crippen LogP contribution in [0, 0.1) is 33.5 Å². The fourth-order valence-corrected chi connectivity index (χ4v) is 4.36. The maximum Gasteiger partial charge on any atom is 0.293 e. The molecule has 1 aliphatic carbocycles. The van der Waals surface area contributed by atoms with Gasteiger partial charge in [-0.25, -0.2) is 4.99 Å². The molecule has 3 atom stereocenters. The minimum Gasteiger partial charge on any atom is -0.493 e. The third kappa shape index (κ3) is 2.00. The molecule has 1 saturated carbocycles. The van der Waals surface area contributed by atoms with E-state index in [2.05, 4.69) is 17.1 Å². The number of methoxy groups -OCH3 is 2. The van der Waals surface area contributed by atoms with Crippen LogP contribution in [0.1, 0.15) is 25.3 Å². The van der Waals surface area contributed by atoms with Gasteiger partial charge in [0.15, 0.2) is 16.9 Å². The predicted molar refractivity (Wildman–Crippen MR) is 96.0 cm³/mol. The van der Waals surface area contributed by atoms with Crippen molar-refractivity contribution in [1.82, 2.24) is 0 Å². The molecule has 8 nitrogen and oxygen atoms in total. The van der Waals surface area contributed by atoms with Crippen molar-refractivity contribution in [1.29, 1.82) is 10.5 Å². The van der Waals surface area contributed by atoms with Gasteiger partial charge >= 0.3 is 0 Å². The molecule has 0 bridgehead atoms. The van der Waals surface area contributed by atoms with Gasteiger partial charge in [-0.15, -0.1) is 0 Å². The highest BCUT2D eigenvalue weighted by molar-refractivity contribution is 6.00. The number of rotatable bonds is 7. The Kier molecular flexibility index (Phi) is 4.51. The number of ether oxygens (including phenoxy) is 4. The van der Waals surface area contributed by atoms with E-state index in [1.54, 1.807) is 32.0 Å². The molecule has 2 aliphatic rings. The van der Waals surface area contributed by atoms with E-state index < -0.39 is 22.7 Å². The Balaban J connectivity index is 2.28. The Morgan fingerprint density at radius 2 is 1.78 bits per heavy atom. The molecule has 8 heteroatoms. The van der Waals surface area contributed by atoms with Gasteiger partial charge in [0.2, 0.25) is 0 Å². The Morgan fingerprint density at radius 3 is 2.26 bits per heavy atom. The first-order chi connectivity index (χ1) is 13.0. The lowest BCUT2D eigenvalue weighted by molar-refractivity contribution is -0.255. The van der Waals surface area contributed by atoms with Gasteiger partial charge in [-0.2, -0.15) is 10.5 Å². The Morgan fingerprint density at radius 1 is 1.11 bits per heavy atom. The molecule has 27 heavy (non-hydrogen) atoms. The molecule has 2 N–H and O–H groups in total. The van der Waals surface area contributed by atoms with E-state index >= 15 is 0 Å². The van der Waals surface area contributed by atoms with Gasteiger partial charge in [-0.1, -0.05) is 12.1 Å². The lowest BCUT2D eigenvalue weighted by Gasteiger charge is -2.32. The summed E-state index contributed by atoms with van der Waals surface area (Å²) in [6.45, 7) is 4.02. The number of hydrogen-bond acceptors (Lipinski definition) is 8. The number of benzene rings is 1. The standard InChI is InChI=1S/C19H22N4O4/c1-5-26-19(27-6-2)18(11-21)15(17(18,10-20)16(22)23-19)12-8-7-9-13(24-3)14(12)25-4/h7-9,15H,5-6H2,1-4H3,(H2,22,23)/t15-,17-,18-/m1/s1. The van der Waals surface area contributed by atoms with Crippen molar-refractivity contribution in [3.05, 3.63) is 23.8 Å². The van der Waals surface area contributed by atoms with E-state index in [0.717, 1.165) is 0 Å². The number of hydrogen-bond donors (Lipinski definition) is 1. The number of amidine groups is 1. The molecule has 0 spiro atoms. The van der Waals surface area contributed by atoms with E-state index in [1.807, 2.05) is 0 Å². The number of nitrogens with zero attached hydrogens (tertiary/aromatic N) is 3. The second-order valence-electron chi connectivity index (χ2n) is 6.30. The van der Waals surface area contributed by atoms with Crippen molar-refractivity contribution >= 4 is 5.84 Å². The molecule has 1 aromatic carbocycles. The maximum atomic E-state index is 10.2. The Hall–Kier alpha value is -2.81. The van der Waals surface area contributed by atoms with Crippen LogP contribution < -0.4 is 15.2 Å². The SMILES string of the molecule is CCOC1(OCC)N=C(N)[C@@]2(C#N)[C@@H](c3cccc(OC)c3OC)[C@@]12C#N. The van der Waals surface area contributed by atoms with E-state index in [0.29, 0.717) is 17.1 Å². The summed E-state index contributed by atoms with van der Waals surface area (Å²) in [4.78, 5) is 4.32. The normalized spacial score (nSPS) is 29.9. The van der Waals surface area contributed by atoms with Gasteiger partial charge in [0.1, 0.15) is 11.3 Å². The first kappa shape index (κ1) is 19.0. The second-order valence-corrected chi connectivity index (χ2v) is 6.30. The van der Waals surface area contributed by atoms with Crippen LogP contribution in [-0.2, 0) is 9.47 Å². The zero-order valence-corrected chi connectivity index (χ0v) is 15.8. The van der Waals surface area contributed by atoms with Crippen LogP contribution in [0.5, 0.6) is 11.5 Å². The summed E-state index contributed by atoms with van der Waals surface area (Å²) in [7, 11) is 3.03. The topological polar surface area (TPSA) is 123 Å². The molecular formula is C19H22N4O4. The van der Waals surface area contributed by atoms with Crippen molar-refractivity contribution in [3.63, 3.8) is 0 Å². The number of aliphatic imine (C=N–C) groups is 1. The van der Waals surface area contributed by atoms with Crippen LogP contribution in [0.25, 0.3) is 0 Å². The third-order valence-corrected chi connectivity index (χ3v) is 5.35. The molecule has 0 radical (unpaired) electrons. The van der Waals surface area contributed by atoms with Crippen LogP contribution in [0.3, 0.4) is 0 Å². The lowest BCUT2D eigenvalue weighted by atomic mass is 9.93. The maximum absolute atomic E-state index is 10.2. The van der Waals surface area contributed by atoms with Crippen molar-refractivity contribution in [2.45, 2.75) is 25.7 Å². The van der Waals surface area contributed by atoms with Crippen molar-refractivity contribution in [3.8, 4) is 23.6 Å². The van der Waals surface area contributed by atoms with Gasteiger partial charge in [0, 0.05) is 24.7 Å². The van der Waals surface area contributed by atoms with Crippen LogP contribution in [-0.4, -0.2) is 39.2 Å². The predicted octanol–water partition coefficient (Wildman–Crippen LogP) is 1.92. The summed E-state index contributed by atoms with van der Waals surface area (Å²) in [5.41, 5.74) is 4.03. The smallest absolute Gasteiger partial charge is 0.293 e. The summed E-state index contributed by atoms with van der Waals surface area (Å²) in [5.74, 6) is -1.32. The number of nitriles is 2. The van der Waals surface area contributed by atoms with Crippen LogP contribution in [0.15, 0.2) is 23.2 Å². The van der Waals surface area contributed by atoms with Crippen LogP contribution in [0.2, 0.25) is 0 Å². The first-order valence-corrected chi connectivity index (χ1v) is 8.67. The van der Waals surface area contributed by atoms with E-state index in [9.17, 15) is 10.5 Å². The molecular weight excluding hydrogens is 348 g/mol. The van der Waals surface area contributed by atoms with E-state index in [1.165, 1.54) is 14.2 Å². The molecule has 1 aromatic rings. The molecule has 0 unspecified atom stereocenters. The molecule has 3 rings (SSSR count). The highest BCUT2D eigenvalue weighted by Crippen LogP contribution is 2.82. The zero-order valence-electron chi connectivity index (χ0n) is 15.8. The first-order valence-electron chi connectivity index (χ1n) is 8.67. The Bertz CT molecular complexity index is 865. The van der Waals surface area contributed by atoms with E-state index in [4.69, 9.17) is 24.7 Å². The molecule has 0 amide bonds. The van der Waals surface area contributed by atoms with E-state index in [-0.39, 0.29) is 19.0 Å². The highest BCUT2D eigenvalue weighted by atomic mass is 16.7. The average Bonchev–Trinajstić information content (AvgIpc) is 3.26. The summed E-state index contributed by atoms with van der Waals surface area (Å²) in [6, 6.07) is 9.81. The van der Waals surface area contributed by atoms with Gasteiger partial charge in [0.05, 0.1) is 26.4 Å². The highest BCUT2D eigenvalue weighted by Gasteiger charge is 2.94. The van der Waals surface area contributed by atoms with Gasteiger partial charge in [-0.05, 0) is 19.9 Å². The largest absolute Gasteiger partial charge is 0.493 e. The third-order valence-electron chi connectivity index (χ3n) is 5.35. The monoisotopic (exact) mass is 370 g/mol. The Labute approximate surface area is 158 Å². The van der Waals surface area contributed by atoms with Gasteiger partial charge in [-0.3, -0.25) is 0 Å². The fourth-order valence-electron chi connectivity index (χ4n) is 4.36. The summed E-state index contributed by atoms with van der Waals surface area (Å²) < 4.78 is 22.5. The average molecular weight is 370 g/mol. The molecule has 0 saturated heterocycles. The van der Waals surface area contributed by atoms with Crippen molar-refractivity contribution < 1.29 is 18.9 Å². The minimum atomic E-state index is -1.65. The molecule has 1 heterocycles. The summed E-state index contributed by atoms with van der Waals surface area (Å²) >= 11 is 0. The minimum absolute atomic E-state index is 0.0309. The lowest BCUT2D eigenvalue weighted by Crippen LogP contribution is -2.43. The van der Waals surface area contributed by atoms with Gasteiger partial charge in [0.25, 0.3) is 5.91 Å². The molecule has 1 fully saturated rings. The molecule has 0 aromatic heterocycles.